The minimum atomic E-state index is -3.67. The molecule has 5 rings (SSSR count). The molecule has 3 aromatic rings. The van der Waals surface area contributed by atoms with Crippen LogP contribution in [0.4, 0.5) is 22.0 Å². The molecular weight excluding hydrogens is 355 g/mol. The van der Waals surface area contributed by atoms with E-state index in [0.717, 1.165) is 6.07 Å². The Morgan fingerprint density at radius 2 is 1.85 bits per heavy atom. The number of rotatable bonds is 1. The molecule has 0 saturated heterocycles. The molecule has 0 fully saturated rings. The van der Waals surface area contributed by atoms with Gasteiger partial charge >= 0.3 is 0 Å². The Balaban J connectivity index is 1.78. The molecule has 0 amide bonds. The van der Waals surface area contributed by atoms with Crippen LogP contribution in [0.15, 0.2) is 36.5 Å². The fourth-order valence-electron chi connectivity index (χ4n) is 4.14. The zero-order valence-corrected chi connectivity index (χ0v) is 13.1. The maximum atomic E-state index is 14.4. The average Bonchev–Trinajstić information content (AvgIpc) is 3.10. The summed E-state index contributed by atoms with van der Waals surface area (Å²) in [6.07, 6.45) is -0.790. The molecule has 1 N–H and O–H groups in total. The summed E-state index contributed by atoms with van der Waals surface area (Å²) in [5.74, 6) is -7.72. The lowest BCUT2D eigenvalue weighted by Crippen LogP contribution is -2.41. The van der Waals surface area contributed by atoms with Crippen LogP contribution in [0, 0.1) is 5.82 Å². The van der Waals surface area contributed by atoms with Gasteiger partial charge in [-0.15, -0.1) is 0 Å². The summed E-state index contributed by atoms with van der Waals surface area (Å²) >= 11 is 0. The number of benzene rings is 2. The van der Waals surface area contributed by atoms with Crippen LogP contribution in [0.25, 0.3) is 16.6 Å². The molecule has 0 radical (unpaired) electrons. The summed E-state index contributed by atoms with van der Waals surface area (Å²) in [5.41, 5.74) is -3.22. The third-order valence-electron chi connectivity index (χ3n) is 5.28. The van der Waals surface area contributed by atoms with Gasteiger partial charge in [0.15, 0.2) is 5.60 Å². The molecule has 1 aromatic heterocycles. The molecule has 1 unspecified atom stereocenters. The van der Waals surface area contributed by atoms with Crippen molar-refractivity contribution >= 4 is 10.9 Å². The van der Waals surface area contributed by atoms with Crippen molar-refractivity contribution in [2.75, 3.05) is 0 Å². The molecule has 3 nitrogen and oxygen atoms in total. The topological polar surface area (TPSA) is 38.0 Å². The van der Waals surface area contributed by atoms with Gasteiger partial charge in [-0.2, -0.15) is 5.10 Å². The highest BCUT2D eigenvalue weighted by molar-refractivity contribution is 5.80. The van der Waals surface area contributed by atoms with Crippen molar-refractivity contribution in [3.63, 3.8) is 0 Å². The van der Waals surface area contributed by atoms with Gasteiger partial charge in [0.25, 0.3) is 11.8 Å². The second-order valence-electron chi connectivity index (χ2n) is 6.91. The fraction of sp³-hybridized carbons (Fsp3) is 0.278. The highest BCUT2D eigenvalue weighted by Crippen LogP contribution is 2.62. The van der Waals surface area contributed by atoms with Crippen molar-refractivity contribution < 1.29 is 27.1 Å². The SMILES string of the molecule is OC12CC(F)(F)c3cc(-n4ncc5cc(F)ccc54)cc(c31)CC2(F)F. The smallest absolute Gasteiger partial charge is 0.284 e. The molecule has 0 aliphatic heterocycles. The first kappa shape index (κ1) is 15.7. The van der Waals surface area contributed by atoms with E-state index >= 15 is 0 Å². The van der Waals surface area contributed by atoms with Crippen molar-refractivity contribution in [3.05, 3.63) is 59.0 Å². The molecule has 2 aromatic carbocycles. The van der Waals surface area contributed by atoms with E-state index in [1.165, 1.54) is 35.1 Å². The third kappa shape index (κ3) is 1.77. The highest BCUT2D eigenvalue weighted by atomic mass is 19.3. The van der Waals surface area contributed by atoms with Crippen LogP contribution in [0.2, 0.25) is 0 Å². The maximum absolute atomic E-state index is 14.4. The van der Waals surface area contributed by atoms with Crippen molar-refractivity contribution in [1.29, 1.82) is 0 Å². The summed E-state index contributed by atoms with van der Waals surface area (Å²) in [5, 5.41) is 14.8. The average molecular weight is 366 g/mol. The van der Waals surface area contributed by atoms with Gasteiger partial charge in [-0.1, -0.05) is 0 Å². The van der Waals surface area contributed by atoms with Crippen LogP contribution in [0.3, 0.4) is 0 Å². The number of nitrogens with zero attached hydrogens (tertiary/aromatic N) is 2. The third-order valence-corrected chi connectivity index (χ3v) is 5.28. The quantitative estimate of drug-likeness (QED) is 0.660. The van der Waals surface area contributed by atoms with Crippen LogP contribution in [-0.2, 0) is 17.9 Å². The Hall–Kier alpha value is -2.48. The van der Waals surface area contributed by atoms with Crippen molar-refractivity contribution in [2.24, 2.45) is 0 Å². The van der Waals surface area contributed by atoms with Gasteiger partial charge in [-0.3, -0.25) is 0 Å². The number of alkyl halides is 4. The second kappa shape index (κ2) is 4.43. The molecule has 1 atom stereocenters. The van der Waals surface area contributed by atoms with E-state index in [1.54, 1.807) is 0 Å². The first-order valence-electron chi connectivity index (χ1n) is 7.92. The van der Waals surface area contributed by atoms with Crippen LogP contribution in [0.1, 0.15) is 23.1 Å². The standard InChI is InChI=1S/C18H11F5N2O/c19-11-1-2-14-10(3-11)7-24-25(14)12-4-9-6-18(22,23)16(26)8-17(20,21)13(5-12)15(9)16/h1-5,7,26H,6,8H2. The van der Waals surface area contributed by atoms with Gasteiger partial charge in [-0.25, -0.2) is 26.6 Å². The van der Waals surface area contributed by atoms with Crippen molar-refractivity contribution in [3.8, 4) is 5.69 Å². The minimum absolute atomic E-state index is 0.0204. The predicted octanol–water partition coefficient (Wildman–Crippen LogP) is 4.04. The number of fused-ring (bicyclic) bond motifs is 1. The zero-order chi connectivity index (χ0) is 18.5. The second-order valence-corrected chi connectivity index (χ2v) is 6.91. The molecule has 0 spiro atoms. The van der Waals surface area contributed by atoms with E-state index in [1.807, 2.05) is 0 Å². The Morgan fingerprint density at radius 3 is 2.62 bits per heavy atom. The van der Waals surface area contributed by atoms with Gasteiger partial charge in [-0.05, 0) is 35.9 Å². The Bertz CT molecular complexity index is 1090. The van der Waals surface area contributed by atoms with E-state index < -0.39 is 41.7 Å². The van der Waals surface area contributed by atoms with Gasteiger partial charge in [0.05, 0.1) is 23.8 Å². The largest absolute Gasteiger partial charge is 0.379 e. The van der Waals surface area contributed by atoms with Crippen molar-refractivity contribution in [2.45, 2.75) is 30.3 Å². The van der Waals surface area contributed by atoms with Crippen LogP contribution in [-0.4, -0.2) is 20.8 Å². The summed E-state index contributed by atoms with van der Waals surface area (Å²) in [6, 6.07) is 6.30. The van der Waals surface area contributed by atoms with Gasteiger partial charge in [0, 0.05) is 22.9 Å². The normalized spacial score (nSPS) is 25.0. The predicted molar refractivity (Wildman–Crippen MR) is 82.1 cm³/mol. The maximum Gasteiger partial charge on any atom is 0.284 e. The monoisotopic (exact) mass is 366 g/mol. The molecular formula is C18H11F5N2O. The Morgan fingerprint density at radius 1 is 1.08 bits per heavy atom. The number of halogens is 5. The number of hydrogen-bond acceptors (Lipinski definition) is 2. The molecule has 2 aliphatic rings. The van der Waals surface area contributed by atoms with E-state index in [-0.39, 0.29) is 16.8 Å². The highest BCUT2D eigenvalue weighted by Gasteiger charge is 2.69. The van der Waals surface area contributed by atoms with Crippen molar-refractivity contribution in [1.82, 2.24) is 9.78 Å². The molecule has 0 saturated carbocycles. The first-order chi connectivity index (χ1) is 12.1. The van der Waals surface area contributed by atoms with E-state index in [9.17, 15) is 27.1 Å². The first-order valence-corrected chi connectivity index (χ1v) is 7.92. The van der Waals surface area contributed by atoms with Crippen LogP contribution in [0.5, 0.6) is 0 Å². The molecule has 0 bridgehead atoms. The van der Waals surface area contributed by atoms with E-state index in [0.29, 0.717) is 10.9 Å². The van der Waals surface area contributed by atoms with Gasteiger partial charge < -0.3 is 5.11 Å². The summed E-state index contributed by atoms with van der Waals surface area (Å²) < 4.78 is 72.0. The van der Waals surface area contributed by atoms with Crippen LogP contribution < -0.4 is 0 Å². The minimum Gasteiger partial charge on any atom is -0.379 e. The lowest BCUT2D eigenvalue weighted by atomic mass is 9.95. The molecule has 1 heterocycles. The summed E-state index contributed by atoms with van der Waals surface area (Å²) in [6.45, 7) is 0. The van der Waals surface area contributed by atoms with Gasteiger partial charge in [0.2, 0.25) is 0 Å². The summed E-state index contributed by atoms with van der Waals surface area (Å²) in [7, 11) is 0. The Kier molecular flexibility index (Phi) is 2.68. The number of hydrogen-bond donors (Lipinski definition) is 1. The lowest BCUT2D eigenvalue weighted by Gasteiger charge is -2.27. The zero-order valence-electron chi connectivity index (χ0n) is 13.1. The lowest BCUT2D eigenvalue weighted by molar-refractivity contribution is -0.198. The van der Waals surface area contributed by atoms with Crippen LogP contribution >= 0.6 is 0 Å². The molecule has 26 heavy (non-hydrogen) atoms. The fourth-order valence-corrected chi connectivity index (χ4v) is 4.14. The van der Waals surface area contributed by atoms with E-state index in [4.69, 9.17) is 0 Å². The molecule has 2 aliphatic carbocycles. The Labute approximate surface area is 143 Å². The van der Waals surface area contributed by atoms with Gasteiger partial charge in [0.1, 0.15) is 5.82 Å². The molecule has 134 valence electrons. The number of aliphatic hydroxyl groups is 1. The number of aromatic nitrogens is 2. The molecule has 8 heteroatoms. The van der Waals surface area contributed by atoms with E-state index in [2.05, 4.69) is 5.10 Å². The summed E-state index contributed by atoms with van der Waals surface area (Å²) in [4.78, 5) is 0.